The van der Waals surface area contributed by atoms with Crippen LogP contribution in [0.15, 0.2) is 42.5 Å². The molecule has 1 N–H and O–H groups in total. The van der Waals surface area contributed by atoms with Gasteiger partial charge in [0.15, 0.2) is 6.10 Å². The van der Waals surface area contributed by atoms with Crippen molar-refractivity contribution >= 4 is 17.6 Å². The molecule has 2 rings (SSSR count). The summed E-state index contributed by atoms with van der Waals surface area (Å²) in [7, 11) is 1.32. The molecule has 1 atom stereocenters. The van der Waals surface area contributed by atoms with Crippen LogP contribution in [0, 0.1) is 13.8 Å². The molecular weight excluding hydrogens is 306 g/mol. The van der Waals surface area contributed by atoms with Gasteiger partial charge in [0.1, 0.15) is 5.75 Å². The summed E-state index contributed by atoms with van der Waals surface area (Å²) in [6.07, 6.45) is -0.647. The van der Waals surface area contributed by atoms with E-state index < -0.39 is 12.1 Å². The maximum atomic E-state index is 12.3. The van der Waals surface area contributed by atoms with Crippen LogP contribution in [-0.4, -0.2) is 25.1 Å². The molecular formula is C19H21NO4. The maximum absolute atomic E-state index is 12.3. The van der Waals surface area contributed by atoms with Gasteiger partial charge in [-0.05, 0) is 62.2 Å². The zero-order chi connectivity index (χ0) is 17.7. The number of benzene rings is 2. The zero-order valence-corrected chi connectivity index (χ0v) is 14.3. The van der Waals surface area contributed by atoms with E-state index >= 15 is 0 Å². The van der Waals surface area contributed by atoms with Crippen molar-refractivity contribution in [3.8, 4) is 5.75 Å². The average molecular weight is 327 g/mol. The lowest BCUT2D eigenvalue weighted by atomic mass is 10.1. The number of carbonyl (C=O) groups excluding carboxylic acids is 2. The Labute approximate surface area is 141 Å². The van der Waals surface area contributed by atoms with E-state index in [2.05, 4.69) is 10.1 Å². The average Bonchev–Trinajstić information content (AvgIpc) is 2.58. The van der Waals surface area contributed by atoms with E-state index in [1.54, 1.807) is 31.2 Å². The smallest absolute Gasteiger partial charge is 0.337 e. The van der Waals surface area contributed by atoms with Crippen LogP contribution < -0.4 is 10.1 Å². The van der Waals surface area contributed by atoms with Crippen molar-refractivity contribution in [2.24, 2.45) is 0 Å². The van der Waals surface area contributed by atoms with Gasteiger partial charge in [-0.25, -0.2) is 4.79 Å². The molecule has 24 heavy (non-hydrogen) atoms. The highest BCUT2D eigenvalue weighted by Crippen LogP contribution is 2.21. The van der Waals surface area contributed by atoms with Crippen LogP contribution in [0.4, 0.5) is 5.69 Å². The second kappa shape index (κ2) is 7.64. The fourth-order valence-corrected chi connectivity index (χ4v) is 2.13. The number of ether oxygens (including phenoxy) is 2. The first-order chi connectivity index (χ1) is 11.4. The summed E-state index contributed by atoms with van der Waals surface area (Å²) >= 11 is 0. The minimum atomic E-state index is -0.647. The van der Waals surface area contributed by atoms with Crippen molar-refractivity contribution in [3.63, 3.8) is 0 Å². The Balaban J connectivity index is 2.01. The van der Waals surface area contributed by atoms with E-state index in [-0.39, 0.29) is 5.91 Å². The quantitative estimate of drug-likeness (QED) is 0.854. The van der Waals surface area contributed by atoms with Crippen molar-refractivity contribution < 1.29 is 19.1 Å². The third-order valence-electron chi connectivity index (χ3n) is 3.59. The summed E-state index contributed by atoms with van der Waals surface area (Å²) in [6.45, 7) is 5.60. The molecule has 0 saturated heterocycles. The van der Waals surface area contributed by atoms with Crippen LogP contribution >= 0.6 is 0 Å². The van der Waals surface area contributed by atoms with Crippen molar-refractivity contribution in [3.05, 3.63) is 59.2 Å². The monoisotopic (exact) mass is 327 g/mol. The molecule has 0 spiro atoms. The third-order valence-corrected chi connectivity index (χ3v) is 3.59. The van der Waals surface area contributed by atoms with E-state index in [1.807, 2.05) is 32.0 Å². The molecule has 2 aromatic rings. The standard InChI is InChI=1S/C19H21NO4/c1-12-5-6-13(2)17(11-12)24-14(3)18(21)20-16-9-7-15(8-10-16)19(22)23-4/h5-11,14H,1-4H3,(H,20,21). The second-order valence-corrected chi connectivity index (χ2v) is 5.59. The van der Waals surface area contributed by atoms with Gasteiger partial charge < -0.3 is 14.8 Å². The molecule has 0 aliphatic carbocycles. The Kier molecular flexibility index (Phi) is 5.58. The molecule has 0 saturated carbocycles. The number of hydrogen-bond donors (Lipinski definition) is 1. The predicted molar refractivity (Wildman–Crippen MR) is 92.4 cm³/mol. The lowest BCUT2D eigenvalue weighted by Gasteiger charge is -2.17. The van der Waals surface area contributed by atoms with Crippen LogP contribution in [0.2, 0.25) is 0 Å². The minimum Gasteiger partial charge on any atom is -0.481 e. The van der Waals surface area contributed by atoms with Crippen LogP contribution in [0.3, 0.4) is 0 Å². The molecule has 0 heterocycles. The van der Waals surface area contributed by atoms with E-state index in [0.29, 0.717) is 17.0 Å². The Morgan fingerprint density at radius 3 is 2.33 bits per heavy atom. The highest BCUT2D eigenvalue weighted by molar-refractivity contribution is 5.95. The molecule has 1 amide bonds. The molecule has 1 unspecified atom stereocenters. The summed E-state index contributed by atoms with van der Waals surface area (Å²) in [5, 5.41) is 2.76. The second-order valence-electron chi connectivity index (χ2n) is 5.59. The largest absolute Gasteiger partial charge is 0.481 e. The molecule has 0 aromatic heterocycles. The predicted octanol–water partition coefficient (Wildman–Crippen LogP) is 3.50. The first-order valence-electron chi connectivity index (χ1n) is 7.64. The molecule has 0 bridgehead atoms. The minimum absolute atomic E-state index is 0.262. The van der Waals surface area contributed by atoms with E-state index in [1.165, 1.54) is 7.11 Å². The lowest BCUT2D eigenvalue weighted by molar-refractivity contribution is -0.122. The Hall–Kier alpha value is -2.82. The highest BCUT2D eigenvalue weighted by atomic mass is 16.5. The summed E-state index contributed by atoms with van der Waals surface area (Å²) in [4.78, 5) is 23.6. The molecule has 5 heteroatoms. The van der Waals surface area contributed by atoms with Crippen LogP contribution in [0.1, 0.15) is 28.4 Å². The first kappa shape index (κ1) is 17.5. The molecule has 2 aromatic carbocycles. The Morgan fingerprint density at radius 2 is 1.71 bits per heavy atom. The molecule has 0 aliphatic rings. The molecule has 5 nitrogen and oxygen atoms in total. The SMILES string of the molecule is COC(=O)c1ccc(NC(=O)C(C)Oc2cc(C)ccc2C)cc1. The van der Waals surface area contributed by atoms with Gasteiger partial charge in [0.25, 0.3) is 5.91 Å². The van der Waals surface area contributed by atoms with Crippen LogP contribution in [-0.2, 0) is 9.53 Å². The van der Waals surface area contributed by atoms with Gasteiger partial charge in [-0.1, -0.05) is 12.1 Å². The third kappa shape index (κ3) is 4.35. The molecule has 0 fully saturated rings. The van der Waals surface area contributed by atoms with Crippen molar-refractivity contribution in [1.29, 1.82) is 0 Å². The summed E-state index contributed by atoms with van der Waals surface area (Å²) in [5.41, 5.74) is 3.06. The van der Waals surface area contributed by atoms with Crippen LogP contribution in [0.5, 0.6) is 5.75 Å². The normalized spacial score (nSPS) is 11.5. The number of nitrogens with one attached hydrogen (secondary N) is 1. The van der Waals surface area contributed by atoms with Crippen LogP contribution in [0.25, 0.3) is 0 Å². The number of methoxy groups -OCH3 is 1. The Bertz CT molecular complexity index is 738. The summed E-state index contributed by atoms with van der Waals surface area (Å²) in [5.74, 6) is 0.0138. The van der Waals surface area contributed by atoms with Gasteiger partial charge in [0, 0.05) is 5.69 Å². The highest BCUT2D eigenvalue weighted by Gasteiger charge is 2.16. The number of amides is 1. The van der Waals surface area contributed by atoms with Crippen molar-refractivity contribution in [2.45, 2.75) is 26.9 Å². The fraction of sp³-hybridized carbons (Fsp3) is 0.263. The summed E-state index contributed by atoms with van der Waals surface area (Å²) in [6, 6.07) is 12.3. The topological polar surface area (TPSA) is 64.6 Å². The molecule has 0 radical (unpaired) electrons. The number of aryl methyl sites for hydroxylation is 2. The van der Waals surface area contributed by atoms with Gasteiger partial charge in [-0.15, -0.1) is 0 Å². The van der Waals surface area contributed by atoms with E-state index in [4.69, 9.17) is 4.74 Å². The van der Waals surface area contributed by atoms with Crippen molar-refractivity contribution in [2.75, 3.05) is 12.4 Å². The number of anilines is 1. The van der Waals surface area contributed by atoms with Gasteiger partial charge >= 0.3 is 5.97 Å². The van der Waals surface area contributed by atoms with Gasteiger partial charge in [0.2, 0.25) is 0 Å². The van der Waals surface area contributed by atoms with Gasteiger partial charge in [-0.3, -0.25) is 4.79 Å². The fourth-order valence-electron chi connectivity index (χ4n) is 2.13. The summed E-state index contributed by atoms with van der Waals surface area (Å²) < 4.78 is 10.4. The number of carbonyl (C=O) groups is 2. The zero-order valence-electron chi connectivity index (χ0n) is 14.3. The number of esters is 1. The first-order valence-corrected chi connectivity index (χ1v) is 7.64. The number of rotatable bonds is 5. The molecule has 126 valence electrons. The van der Waals surface area contributed by atoms with Gasteiger partial charge in [0.05, 0.1) is 12.7 Å². The molecule has 0 aliphatic heterocycles. The van der Waals surface area contributed by atoms with E-state index in [0.717, 1.165) is 11.1 Å². The lowest BCUT2D eigenvalue weighted by Crippen LogP contribution is -2.30. The Morgan fingerprint density at radius 1 is 1.04 bits per heavy atom. The maximum Gasteiger partial charge on any atom is 0.337 e. The van der Waals surface area contributed by atoms with Crippen molar-refractivity contribution in [1.82, 2.24) is 0 Å². The number of hydrogen-bond acceptors (Lipinski definition) is 4. The van der Waals surface area contributed by atoms with Gasteiger partial charge in [-0.2, -0.15) is 0 Å². The van der Waals surface area contributed by atoms with E-state index in [9.17, 15) is 9.59 Å².